The van der Waals surface area contributed by atoms with Gasteiger partial charge in [0.1, 0.15) is 0 Å². The summed E-state index contributed by atoms with van der Waals surface area (Å²) in [6, 6.07) is 6.66. The Morgan fingerprint density at radius 1 is 1.30 bits per heavy atom. The van der Waals surface area contributed by atoms with Gasteiger partial charge in [-0.05, 0) is 38.8 Å². The largest absolute Gasteiger partial charge is 0.328 e. The summed E-state index contributed by atoms with van der Waals surface area (Å²) in [6.07, 6.45) is 3.03. The van der Waals surface area contributed by atoms with Crippen molar-refractivity contribution in [2.75, 3.05) is 6.54 Å². The highest BCUT2D eigenvalue weighted by Crippen LogP contribution is 2.28. The molecule has 3 rings (SSSR count). The van der Waals surface area contributed by atoms with Gasteiger partial charge in [0.2, 0.25) is 0 Å². The highest BCUT2D eigenvalue weighted by Gasteiger charge is 2.31. The first kappa shape index (κ1) is 13.4. The van der Waals surface area contributed by atoms with Crippen LogP contribution >= 0.6 is 0 Å². The highest BCUT2D eigenvalue weighted by atomic mass is 15.1. The molecule has 0 saturated carbocycles. The Labute approximate surface area is 121 Å². The number of aromatic nitrogens is 2. The van der Waals surface area contributed by atoms with Crippen molar-refractivity contribution in [3.8, 4) is 0 Å². The van der Waals surface area contributed by atoms with Crippen LogP contribution < -0.4 is 5.32 Å². The summed E-state index contributed by atoms with van der Waals surface area (Å²) in [7, 11) is 0. The molecule has 1 aromatic heterocycles. The number of benzene rings is 1. The van der Waals surface area contributed by atoms with Crippen molar-refractivity contribution in [1.82, 2.24) is 14.9 Å². The van der Waals surface area contributed by atoms with Crippen LogP contribution in [0.25, 0.3) is 0 Å². The molecule has 0 fully saturated rings. The van der Waals surface area contributed by atoms with Crippen molar-refractivity contribution in [2.24, 2.45) is 0 Å². The molecule has 0 bridgehead atoms. The van der Waals surface area contributed by atoms with E-state index in [0.29, 0.717) is 0 Å². The highest BCUT2D eigenvalue weighted by molar-refractivity contribution is 5.32. The van der Waals surface area contributed by atoms with Crippen LogP contribution in [-0.4, -0.2) is 16.1 Å². The van der Waals surface area contributed by atoms with Gasteiger partial charge in [-0.1, -0.05) is 23.8 Å². The van der Waals surface area contributed by atoms with E-state index in [9.17, 15) is 0 Å². The lowest BCUT2D eigenvalue weighted by atomic mass is 9.93. The van der Waals surface area contributed by atoms with Gasteiger partial charge in [0.15, 0.2) is 0 Å². The van der Waals surface area contributed by atoms with Gasteiger partial charge >= 0.3 is 0 Å². The second kappa shape index (κ2) is 4.74. The smallest absolute Gasteiger partial charge is 0.0955 e. The Hall–Kier alpha value is -1.61. The molecule has 3 heteroatoms. The molecule has 1 N–H and O–H groups in total. The predicted molar refractivity (Wildman–Crippen MR) is 82.0 cm³/mol. The van der Waals surface area contributed by atoms with Crippen LogP contribution in [0, 0.1) is 13.8 Å². The standard InChI is InChI=1S/C17H23N3/c1-12-5-6-13(2)14(9-12)10-20-11-18-15-7-8-19-17(3,4)16(15)20/h5-6,9,11,19H,7-8,10H2,1-4H3. The molecule has 0 aliphatic carbocycles. The molecule has 0 spiro atoms. The van der Waals surface area contributed by atoms with Crippen molar-refractivity contribution in [3.05, 3.63) is 52.6 Å². The molecular formula is C17H23N3. The van der Waals surface area contributed by atoms with Crippen molar-refractivity contribution in [3.63, 3.8) is 0 Å². The van der Waals surface area contributed by atoms with Gasteiger partial charge in [-0.3, -0.25) is 0 Å². The fraction of sp³-hybridized carbons (Fsp3) is 0.471. The second-order valence-electron chi connectivity index (χ2n) is 6.40. The number of imidazole rings is 1. The maximum atomic E-state index is 4.62. The van der Waals surface area contributed by atoms with Crippen LogP contribution in [0.3, 0.4) is 0 Å². The van der Waals surface area contributed by atoms with E-state index < -0.39 is 0 Å². The van der Waals surface area contributed by atoms with Gasteiger partial charge in [0.25, 0.3) is 0 Å². The molecule has 1 aromatic carbocycles. The molecule has 0 amide bonds. The summed E-state index contributed by atoms with van der Waals surface area (Å²) in [5, 5.41) is 3.59. The first-order valence-corrected chi connectivity index (χ1v) is 7.33. The molecule has 0 atom stereocenters. The fourth-order valence-corrected chi connectivity index (χ4v) is 3.18. The zero-order valence-electron chi connectivity index (χ0n) is 12.8. The minimum atomic E-state index is 0.00180. The van der Waals surface area contributed by atoms with Crippen LogP contribution in [0.2, 0.25) is 0 Å². The van der Waals surface area contributed by atoms with E-state index in [4.69, 9.17) is 0 Å². The number of aryl methyl sites for hydroxylation is 2. The van der Waals surface area contributed by atoms with Crippen molar-refractivity contribution in [1.29, 1.82) is 0 Å². The molecular weight excluding hydrogens is 246 g/mol. The molecule has 20 heavy (non-hydrogen) atoms. The van der Waals surface area contributed by atoms with Crippen LogP contribution in [0.4, 0.5) is 0 Å². The Balaban J connectivity index is 2.00. The minimum absolute atomic E-state index is 0.00180. The predicted octanol–water partition coefficient (Wildman–Crippen LogP) is 2.93. The molecule has 2 heterocycles. The Morgan fingerprint density at radius 2 is 2.10 bits per heavy atom. The SMILES string of the molecule is Cc1ccc(C)c(Cn2cnc3c2C(C)(C)NCC3)c1. The molecule has 0 unspecified atom stereocenters. The third kappa shape index (κ3) is 2.27. The van der Waals surface area contributed by atoms with Crippen LogP contribution in [0.15, 0.2) is 24.5 Å². The number of fused-ring (bicyclic) bond motifs is 1. The summed E-state index contributed by atoms with van der Waals surface area (Å²) >= 11 is 0. The van der Waals surface area contributed by atoms with Crippen molar-refractivity contribution in [2.45, 2.75) is 46.2 Å². The first-order chi connectivity index (χ1) is 9.47. The van der Waals surface area contributed by atoms with Gasteiger partial charge in [-0.2, -0.15) is 0 Å². The van der Waals surface area contributed by atoms with Crippen LogP contribution in [0.1, 0.15) is 41.9 Å². The fourth-order valence-electron chi connectivity index (χ4n) is 3.18. The van der Waals surface area contributed by atoms with Gasteiger partial charge in [0, 0.05) is 19.5 Å². The van der Waals surface area contributed by atoms with E-state index in [0.717, 1.165) is 19.5 Å². The summed E-state index contributed by atoms with van der Waals surface area (Å²) in [5.41, 5.74) is 6.63. The van der Waals surface area contributed by atoms with E-state index in [-0.39, 0.29) is 5.54 Å². The molecule has 3 nitrogen and oxygen atoms in total. The molecule has 106 valence electrons. The van der Waals surface area contributed by atoms with Crippen LogP contribution in [0.5, 0.6) is 0 Å². The summed E-state index contributed by atoms with van der Waals surface area (Å²) in [6.45, 7) is 10.7. The van der Waals surface area contributed by atoms with Gasteiger partial charge in [0.05, 0.1) is 23.3 Å². The summed E-state index contributed by atoms with van der Waals surface area (Å²) in [4.78, 5) is 4.62. The van der Waals surface area contributed by atoms with Crippen molar-refractivity contribution >= 4 is 0 Å². The average Bonchev–Trinajstić information content (AvgIpc) is 2.78. The lowest BCUT2D eigenvalue weighted by Gasteiger charge is -2.32. The summed E-state index contributed by atoms with van der Waals surface area (Å²) < 4.78 is 2.31. The van der Waals surface area contributed by atoms with E-state index in [1.165, 1.54) is 28.1 Å². The maximum absolute atomic E-state index is 4.62. The Morgan fingerprint density at radius 3 is 2.90 bits per heavy atom. The van der Waals surface area contributed by atoms with Crippen LogP contribution in [-0.2, 0) is 18.5 Å². The lowest BCUT2D eigenvalue weighted by molar-refractivity contribution is 0.357. The summed E-state index contributed by atoms with van der Waals surface area (Å²) in [5.74, 6) is 0. The van der Waals surface area contributed by atoms with Gasteiger partial charge in [-0.25, -0.2) is 4.98 Å². The lowest BCUT2D eigenvalue weighted by Crippen LogP contribution is -2.44. The molecule has 2 aromatic rings. The molecule has 1 aliphatic heterocycles. The van der Waals surface area contributed by atoms with E-state index in [1.807, 2.05) is 6.33 Å². The third-order valence-corrected chi connectivity index (χ3v) is 4.28. The normalized spacial score (nSPS) is 17.0. The monoisotopic (exact) mass is 269 g/mol. The Bertz CT molecular complexity index is 638. The first-order valence-electron chi connectivity index (χ1n) is 7.33. The van der Waals surface area contributed by atoms with Crippen molar-refractivity contribution < 1.29 is 0 Å². The van der Waals surface area contributed by atoms with E-state index in [2.05, 4.69) is 60.8 Å². The van der Waals surface area contributed by atoms with Gasteiger partial charge < -0.3 is 9.88 Å². The number of nitrogens with zero attached hydrogens (tertiary/aromatic N) is 2. The molecule has 0 saturated heterocycles. The molecule has 0 radical (unpaired) electrons. The van der Waals surface area contributed by atoms with E-state index >= 15 is 0 Å². The number of hydrogen-bond donors (Lipinski definition) is 1. The topological polar surface area (TPSA) is 29.9 Å². The maximum Gasteiger partial charge on any atom is 0.0955 e. The minimum Gasteiger partial charge on any atom is -0.328 e. The second-order valence-corrected chi connectivity index (χ2v) is 6.40. The zero-order chi connectivity index (χ0) is 14.3. The molecule has 1 aliphatic rings. The zero-order valence-corrected chi connectivity index (χ0v) is 12.8. The number of rotatable bonds is 2. The number of hydrogen-bond acceptors (Lipinski definition) is 2. The van der Waals surface area contributed by atoms with Gasteiger partial charge in [-0.15, -0.1) is 0 Å². The third-order valence-electron chi connectivity index (χ3n) is 4.28. The number of nitrogens with one attached hydrogen (secondary N) is 1. The average molecular weight is 269 g/mol. The van der Waals surface area contributed by atoms with E-state index in [1.54, 1.807) is 0 Å². The Kier molecular flexibility index (Phi) is 3.17. The quantitative estimate of drug-likeness (QED) is 0.908.